The standard InChI is InChI=1S/C19H22F2N4O2/c1-24(13-15-2-3-16(20)17(21)10-15)19(26)23-12-14-4-5-22-18(11-14)25-6-8-27-9-7-25/h2-5,10-11H,6-9,12-13H2,1H3,(H,23,26). The summed E-state index contributed by atoms with van der Waals surface area (Å²) in [5.41, 5.74) is 1.45. The number of halogens is 2. The molecule has 0 spiro atoms. The third kappa shape index (κ3) is 5.13. The molecule has 1 fully saturated rings. The van der Waals surface area contributed by atoms with E-state index in [2.05, 4.69) is 15.2 Å². The minimum atomic E-state index is -0.922. The van der Waals surface area contributed by atoms with Gasteiger partial charge < -0.3 is 19.9 Å². The lowest BCUT2D eigenvalue weighted by Crippen LogP contribution is -2.37. The molecule has 1 saturated heterocycles. The van der Waals surface area contributed by atoms with Crippen LogP contribution < -0.4 is 10.2 Å². The zero-order chi connectivity index (χ0) is 19.2. The first-order valence-corrected chi connectivity index (χ1v) is 8.73. The molecule has 1 aromatic heterocycles. The number of hydrogen-bond donors (Lipinski definition) is 1. The molecule has 0 bridgehead atoms. The van der Waals surface area contributed by atoms with E-state index in [9.17, 15) is 13.6 Å². The van der Waals surface area contributed by atoms with Crippen LogP contribution in [0.3, 0.4) is 0 Å². The second kappa shape index (κ2) is 8.77. The normalized spacial score (nSPS) is 14.1. The van der Waals surface area contributed by atoms with Crippen LogP contribution in [0.5, 0.6) is 0 Å². The van der Waals surface area contributed by atoms with Crippen LogP contribution in [0.25, 0.3) is 0 Å². The fourth-order valence-corrected chi connectivity index (χ4v) is 2.83. The van der Waals surface area contributed by atoms with Crippen molar-refractivity contribution >= 4 is 11.8 Å². The average Bonchev–Trinajstić information content (AvgIpc) is 2.70. The van der Waals surface area contributed by atoms with Crippen LogP contribution in [0.15, 0.2) is 36.5 Å². The third-order valence-electron chi connectivity index (χ3n) is 4.34. The summed E-state index contributed by atoms with van der Waals surface area (Å²) in [7, 11) is 1.60. The van der Waals surface area contributed by atoms with E-state index < -0.39 is 11.6 Å². The van der Waals surface area contributed by atoms with Crippen molar-refractivity contribution in [3.8, 4) is 0 Å². The Labute approximate surface area is 156 Å². The van der Waals surface area contributed by atoms with Gasteiger partial charge in [0, 0.05) is 39.4 Å². The second-order valence-electron chi connectivity index (χ2n) is 6.38. The molecular weight excluding hydrogens is 354 g/mol. The van der Waals surface area contributed by atoms with Crippen molar-refractivity contribution in [1.82, 2.24) is 15.2 Å². The predicted octanol–water partition coefficient (Wildman–Crippen LogP) is 2.54. The fourth-order valence-electron chi connectivity index (χ4n) is 2.83. The minimum absolute atomic E-state index is 0.179. The Morgan fingerprint density at radius 2 is 1.96 bits per heavy atom. The van der Waals surface area contributed by atoms with Gasteiger partial charge in [-0.3, -0.25) is 0 Å². The molecule has 0 atom stereocenters. The molecule has 0 saturated carbocycles. The number of amides is 2. The van der Waals surface area contributed by atoms with Gasteiger partial charge in [-0.1, -0.05) is 6.07 Å². The Bertz CT molecular complexity index is 797. The Morgan fingerprint density at radius 1 is 1.19 bits per heavy atom. The topological polar surface area (TPSA) is 57.7 Å². The maximum atomic E-state index is 13.3. The molecule has 0 unspecified atom stereocenters. The van der Waals surface area contributed by atoms with Crippen molar-refractivity contribution in [2.24, 2.45) is 0 Å². The number of urea groups is 1. The van der Waals surface area contributed by atoms with Gasteiger partial charge in [-0.15, -0.1) is 0 Å². The number of pyridine rings is 1. The highest BCUT2D eigenvalue weighted by Crippen LogP contribution is 2.14. The smallest absolute Gasteiger partial charge is 0.317 e. The highest BCUT2D eigenvalue weighted by atomic mass is 19.2. The highest BCUT2D eigenvalue weighted by molar-refractivity contribution is 5.73. The maximum absolute atomic E-state index is 13.3. The number of morpholine rings is 1. The van der Waals surface area contributed by atoms with E-state index in [1.165, 1.54) is 11.0 Å². The van der Waals surface area contributed by atoms with E-state index in [-0.39, 0.29) is 12.6 Å². The van der Waals surface area contributed by atoms with Gasteiger partial charge in [-0.25, -0.2) is 18.6 Å². The first-order chi connectivity index (χ1) is 13.0. The van der Waals surface area contributed by atoms with Gasteiger partial charge in [0.1, 0.15) is 5.82 Å². The molecule has 0 radical (unpaired) electrons. The van der Waals surface area contributed by atoms with E-state index in [1.54, 1.807) is 13.2 Å². The number of aromatic nitrogens is 1. The molecular formula is C19H22F2N4O2. The van der Waals surface area contributed by atoms with E-state index in [0.717, 1.165) is 36.6 Å². The Balaban J connectivity index is 1.54. The Morgan fingerprint density at radius 3 is 2.70 bits per heavy atom. The molecule has 144 valence electrons. The number of benzene rings is 1. The van der Waals surface area contributed by atoms with Gasteiger partial charge in [0.15, 0.2) is 11.6 Å². The molecule has 2 heterocycles. The first kappa shape index (κ1) is 19.0. The molecule has 2 amide bonds. The zero-order valence-electron chi connectivity index (χ0n) is 15.1. The molecule has 3 rings (SSSR count). The minimum Gasteiger partial charge on any atom is -0.378 e. The number of nitrogens with zero attached hydrogens (tertiary/aromatic N) is 3. The predicted molar refractivity (Wildman–Crippen MR) is 97.3 cm³/mol. The molecule has 0 aliphatic carbocycles. The van der Waals surface area contributed by atoms with Crippen molar-refractivity contribution < 1.29 is 18.3 Å². The van der Waals surface area contributed by atoms with Gasteiger partial charge in [-0.05, 0) is 35.4 Å². The third-order valence-corrected chi connectivity index (χ3v) is 4.34. The highest BCUT2D eigenvalue weighted by Gasteiger charge is 2.14. The Kier molecular flexibility index (Phi) is 6.18. The number of rotatable bonds is 5. The average molecular weight is 376 g/mol. The quantitative estimate of drug-likeness (QED) is 0.871. The molecule has 6 nitrogen and oxygen atoms in total. The van der Waals surface area contributed by atoms with Crippen LogP contribution in [-0.4, -0.2) is 49.3 Å². The van der Waals surface area contributed by atoms with Crippen LogP contribution in [0, 0.1) is 11.6 Å². The lowest BCUT2D eigenvalue weighted by Gasteiger charge is -2.28. The molecule has 27 heavy (non-hydrogen) atoms. The summed E-state index contributed by atoms with van der Waals surface area (Å²) in [6.07, 6.45) is 1.72. The number of carbonyl (C=O) groups is 1. The van der Waals surface area contributed by atoms with Crippen LogP contribution in [0.4, 0.5) is 19.4 Å². The SMILES string of the molecule is CN(Cc1ccc(F)c(F)c1)C(=O)NCc1ccnc(N2CCOCC2)c1. The maximum Gasteiger partial charge on any atom is 0.317 e. The summed E-state index contributed by atoms with van der Waals surface area (Å²) in [4.78, 5) is 20.2. The monoisotopic (exact) mass is 376 g/mol. The summed E-state index contributed by atoms with van der Waals surface area (Å²) in [6.45, 7) is 3.47. The van der Waals surface area contributed by atoms with E-state index >= 15 is 0 Å². The van der Waals surface area contributed by atoms with Gasteiger partial charge in [0.25, 0.3) is 0 Å². The van der Waals surface area contributed by atoms with E-state index in [0.29, 0.717) is 25.3 Å². The number of anilines is 1. The van der Waals surface area contributed by atoms with Crippen molar-refractivity contribution in [1.29, 1.82) is 0 Å². The lowest BCUT2D eigenvalue weighted by molar-refractivity contribution is 0.122. The second-order valence-corrected chi connectivity index (χ2v) is 6.38. The van der Waals surface area contributed by atoms with Crippen molar-refractivity contribution in [3.05, 3.63) is 59.3 Å². The molecule has 8 heteroatoms. The summed E-state index contributed by atoms with van der Waals surface area (Å²) in [5, 5.41) is 2.82. The van der Waals surface area contributed by atoms with Gasteiger partial charge in [-0.2, -0.15) is 0 Å². The van der Waals surface area contributed by atoms with Gasteiger partial charge in [0.2, 0.25) is 0 Å². The van der Waals surface area contributed by atoms with Crippen molar-refractivity contribution in [3.63, 3.8) is 0 Å². The van der Waals surface area contributed by atoms with Crippen LogP contribution in [0.2, 0.25) is 0 Å². The number of hydrogen-bond acceptors (Lipinski definition) is 4. The summed E-state index contributed by atoms with van der Waals surface area (Å²) in [6, 6.07) is 7.10. The largest absolute Gasteiger partial charge is 0.378 e. The van der Waals surface area contributed by atoms with Crippen LogP contribution >= 0.6 is 0 Å². The fraction of sp³-hybridized carbons (Fsp3) is 0.368. The van der Waals surface area contributed by atoms with E-state index in [1.807, 2.05) is 12.1 Å². The molecule has 1 aliphatic rings. The molecule has 1 N–H and O–H groups in total. The van der Waals surface area contributed by atoms with Crippen molar-refractivity contribution in [2.75, 3.05) is 38.3 Å². The first-order valence-electron chi connectivity index (χ1n) is 8.73. The summed E-state index contributed by atoms with van der Waals surface area (Å²) < 4.78 is 31.6. The van der Waals surface area contributed by atoms with Crippen LogP contribution in [-0.2, 0) is 17.8 Å². The number of ether oxygens (including phenoxy) is 1. The van der Waals surface area contributed by atoms with Gasteiger partial charge in [0.05, 0.1) is 13.2 Å². The molecule has 1 aromatic carbocycles. The van der Waals surface area contributed by atoms with Gasteiger partial charge >= 0.3 is 6.03 Å². The zero-order valence-corrected chi connectivity index (χ0v) is 15.1. The van der Waals surface area contributed by atoms with Crippen LogP contribution in [0.1, 0.15) is 11.1 Å². The molecule has 1 aliphatic heterocycles. The van der Waals surface area contributed by atoms with E-state index in [4.69, 9.17) is 4.74 Å². The van der Waals surface area contributed by atoms with Crippen molar-refractivity contribution in [2.45, 2.75) is 13.1 Å². The molecule has 2 aromatic rings. The Hall–Kier alpha value is -2.74. The lowest BCUT2D eigenvalue weighted by atomic mass is 10.2. The summed E-state index contributed by atoms with van der Waals surface area (Å²) >= 11 is 0. The number of carbonyl (C=O) groups excluding carboxylic acids is 1. The number of nitrogens with one attached hydrogen (secondary N) is 1. The summed E-state index contributed by atoms with van der Waals surface area (Å²) in [5.74, 6) is -0.964.